The molecular weight excluding hydrogens is 319 g/mol. The van der Waals surface area contributed by atoms with Gasteiger partial charge >= 0.3 is 0 Å². The van der Waals surface area contributed by atoms with Gasteiger partial charge < -0.3 is 0 Å². The molecule has 0 spiro atoms. The molecule has 1 aromatic carbocycles. The molecule has 0 atom stereocenters. The van der Waals surface area contributed by atoms with Crippen molar-refractivity contribution in [2.45, 2.75) is 5.75 Å². The Morgan fingerprint density at radius 3 is 2.65 bits per heavy atom. The van der Waals surface area contributed by atoms with Crippen LogP contribution in [0.4, 0.5) is 10.1 Å². The number of hydrogen-bond acceptors (Lipinski definition) is 4. The number of benzene rings is 1. The summed E-state index contributed by atoms with van der Waals surface area (Å²) in [6.45, 7) is 0. The van der Waals surface area contributed by atoms with Crippen molar-refractivity contribution in [1.29, 1.82) is 0 Å². The van der Waals surface area contributed by atoms with Crippen molar-refractivity contribution in [3.63, 3.8) is 0 Å². The molecule has 0 saturated carbocycles. The molecule has 0 saturated heterocycles. The fraction of sp³-hybridized carbons (Fsp3) is 0.0667. The summed E-state index contributed by atoms with van der Waals surface area (Å²) in [6.07, 6.45) is 2.94. The van der Waals surface area contributed by atoms with Crippen LogP contribution in [0.3, 0.4) is 0 Å². The van der Waals surface area contributed by atoms with E-state index in [1.54, 1.807) is 30.5 Å². The molecule has 8 heteroatoms. The predicted octanol–water partition coefficient (Wildman–Crippen LogP) is 2.55. The lowest BCUT2D eigenvalue weighted by Gasteiger charge is -2.08. The van der Waals surface area contributed by atoms with Gasteiger partial charge in [0, 0.05) is 11.8 Å². The van der Waals surface area contributed by atoms with Crippen LogP contribution in [0.25, 0.3) is 11.4 Å². The molecule has 0 bridgehead atoms. The first-order valence-corrected chi connectivity index (χ1v) is 8.39. The van der Waals surface area contributed by atoms with Crippen LogP contribution in [0, 0.1) is 5.82 Å². The highest BCUT2D eigenvalue weighted by molar-refractivity contribution is 7.91. The second kappa shape index (κ2) is 6.17. The van der Waals surface area contributed by atoms with Crippen LogP contribution in [0.15, 0.2) is 54.9 Å². The molecule has 6 nitrogen and oxygen atoms in total. The molecule has 23 heavy (non-hydrogen) atoms. The summed E-state index contributed by atoms with van der Waals surface area (Å²) in [4.78, 5) is 4.14. The molecule has 0 radical (unpaired) electrons. The Morgan fingerprint density at radius 1 is 1.13 bits per heavy atom. The van der Waals surface area contributed by atoms with Crippen molar-refractivity contribution in [2.75, 3.05) is 4.72 Å². The van der Waals surface area contributed by atoms with Gasteiger partial charge in [0.1, 0.15) is 11.5 Å². The van der Waals surface area contributed by atoms with Crippen molar-refractivity contribution >= 4 is 15.7 Å². The molecule has 3 aromatic rings. The summed E-state index contributed by atoms with van der Waals surface area (Å²) in [5.74, 6) is -1.03. The summed E-state index contributed by atoms with van der Waals surface area (Å²) in [6, 6.07) is 11.0. The van der Waals surface area contributed by atoms with E-state index in [1.165, 1.54) is 24.4 Å². The van der Waals surface area contributed by atoms with E-state index < -0.39 is 21.6 Å². The lowest BCUT2D eigenvalue weighted by Crippen LogP contribution is -2.16. The fourth-order valence-corrected chi connectivity index (χ4v) is 3.30. The number of sulfonamides is 1. The molecule has 0 aliphatic heterocycles. The van der Waals surface area contributed by atoms with E-state index in [9.17, 15) is 12.8 Å². The summed E-state index contributed by atoms with van der Waals surface area (Å²) >= 11 is 0. The van der Waals surface area contributed by atoms with Crippen LogP contribution in [0.1, 0.15) is 5.56 Å². The maximum absolute atomic E-state index is 13.6. The van der Waals surface area contributed by atoms with E-state index in [1.807, 2.05) is 0 Å². The first-order chi connectivity index (χ1) is 11.1. The Labute approximate surface area is 132 Å². The maximum atomic E-state index is 13.6. The molecule has 0 aliphatic carbocycles. The average molecular weight is 332 g/mol. The van der Waals surface area contributed by atoms with Crippen molar-refractivity contribution < 1.29 is 12.8 Å². The highest BCUT2D eigenvalue weighted by Crippen LogP contribution is 2.24. The van der Waals surface area contributed by atoms with Gasteiger partial charge in [0.05, 0.1) is 23.3 Å². The van der Waals surface area contributed by atoms with Gasteiger partial charge in [0.15, 0.2) is 0 Å². The Hall–Kier alpha value is -2.74. The normalized spacial score (nSPS) is 11.3. The zero-order valence-electron chi connectivity index (χ0n) is 11.9. The smallest absolute Gasteiger partial charge is 0.237 e. The minimum absolute atomic E-state index is 0.0999. The number of H-pyrrole nitrogens is 1. The molecule has 0 fully saturated rings. The summed E-state index contributed by atoms with van der Waals surface area (Å²) < 4.78 is 40.6. The second-order valence-electron chi connectivity index (χ2n) is 4.83. The second-order valence-corrected chi connectivity index (χ2v) is 6.55. The number of nitrogens with one attached hydrogen (secondary N) is 2. The number of hydrogen-bond donors (Lipinski definition) is 2. The Morgan fingerprint density at radius 2 is 1.91 bits per heavy atom. The Kier molecular flexibility index (Phi) is 4.07. The van der Waals surface area contributed by atoms with E-state index in [0.29, 0.717) is 11.4 Å². The largest absolute Gasteiger partial charge is 0.279 e. The maximum Gasteiger partial charge on any atom is 0.237 e. The lowest BCUT2D eigenvalue weighted by atomic mass is 10.2. The predicted molar refractivity (Wildman–Crippen MR) is 84.5 cm³/mol. The van der Waals surface area contributed by atoms with Gasteiger partial charge in [-0.1, -0.05) is 24.3 Å². The molecule has 2 heterocycles. The van der Waals surface area contributed by atoms with Crippen LogP contribution in [0.5, 0.6) is 0 Å². The minimum Gasteiger partial charge on any atom is -0.279 e. The Balaban J connectivity index is 1.85. The highest BCUT2D eigenvalue weighted by atomic mass is 32.2. The van der Waals surface area contributed by atoms with E-state index in [4.69, 9.17) is 0 Å². The van der Waals surface area contributed by atoms with Gasteiger partial charge in [-0.05, 0) is 18.2 Å². The number of pyridine rings is 1. The zero-order valence-corrected chi connectivity index (χ0v) is 12.7. The number of anilines is 1. The van der Waals surface area contributed by atoms with Crippen molar-refractivity contribution in [3.8, 4) is 11.4 Å². The van der Waals surface area contributed by atoms with Crippen molar-refractivity contribution in [3.05, 3.63) is 66.2 Å². The third-order valence-electron chi connectivity index (χ3n) is 3.13. The quantitative estimate of drug-likeness (QED) is 0.751. The topological polar surface area (TPSA) is 87.7 Å². The molecule has 0 amide bonds. The van der Waals surface area contributed by atoms with Gasteiger partial charge in [-0.25, -0.2) is 12.8 Å². The van der Waals surface area contributed by atoms with E-state index >= 15 is 0 Å². The number of aromatic nitrogens is 3. The van der Waals surface area contributed by atoms with E-state index in [2.05, 4.69) is 19.9 Å². The van der Waals surface area contributed by atoms with Gasteiger partial charge in [0.2, 0.25) is 10.0 Å². The third kappa shape index (κ3) is 3.54. The van der Waals surface area contributed by atoms with Gasteiger partial charge in [-0.2, -0.15) is 5.10 Å². The molecule has 2 aromatic heterocycles. The number of halogens is 1. The summed E-state index contributed by atoms with van der Waals surface area (Å²) in [7, 11) is -3.79. The van der Waals surface area contributed by atoms with Crippen LogP contribution in [-0.2, 0) is 15.8 Å². The number of rotatable bonds is 5. The molecule has 2 N–H and O–H groups in total. The van der Waals surface area contributed by atoms with Crippen molar-refractivity contribution in [2.24, 2.45) is 0 Å². The van der Waals surface area contributed by atoms with Crippen molar-refractivity contribution in [1.82, 2.24) is 15.2 Å². The molecule has 118 valence electrons. The minimum atomic E-state index is -3.79. The highest BCUT2D eigenvalue weighted by Gasteiger charge is 2.18. The van der Waals surface area contributed by atoms with Gasteiger partial charge in [-0.3, -0.25) is 14.8 Å². The monoisotopic (exact) mass is 332 g/mol. The summed E-state index contributed by atoms with van der Waals surface area (Å²) in [5.41, 5.74) is 1.36. The lowest BCUT2D eigenvalue weighted by molar-refractivity contribution is 0.591. The number of aromatic amines is 1. The molecule has 3 rings (SSSR count). The van der Waals surface area contributed by atoms with E-state index in [0.717, 1.165) is 0 Å². The first kappa shape index (κ1) is 15.2. The van der Waals surface area contributed by atoms with Crippen LogP contribution in [-0.4, -0.2) is 23.6 Å². The van der Waals surface area contributed by atoms with Crippen LogP contribution >= 0.6 is 0 Å². The van der Waals surface area contributed by atoms with Crippen LogP contribution < -0.4 is 4.72 Å². The van der Waals surface area contributed by atoms with Gasteiger partial charge in [-0.15, -0.1) is 0 Å². The average Bonchev–Trinajstić information content (AvgIpc) is 2.97. The SMILES string of the molecule is O=S(=O)(Cc1ccccc1F)Nc1cn[nH]c1-c1ccccn1. The standard InChI is InChI=1S/C15H13FN4O2S/c16-12-6-2-1-5-11(12)10-23(21,22)20-14-9-18-19-15(14)13-7-3-4-8-17-13/h1-9,20H,10H2,(H,18,19). The molecule has 0 unspecified atom stereocenters. The third-order valence-corrected chi connectivity index (χ3v) is 4.35. The van der Waals surface area contributed by atoms with Crippen LogP contribution in [0.2, 0.25) is 0 Å². The zero-order chi connectivity index (χ0) is 16.3. The Bertz CT molecular complexity index is 910. The van der Waals surface area contributed by atoms with E-state index in [-0.39, 0.29) is 11.3 Å². The summed E-state index contributed by atoms with van der Waals surface area (Å²) in [5, 5.41) is 6.55. The molecular formula is C15H13FN4O2S. The fourth-order valence-electron chi connectivity index (χ4n) is 2.09. The van der Waals surface area contributed by atoms with Gasteiger partial charge in [0.25, 0.3) is 0 Å². The number of nitrogens with zero attached hydrogens (tertiary/aromatic N) is 2. The molecule has 0 aliphatic rings. The first-order valence-electron chi connectivity index (χ1n) is 6.74.